The maximum absolute atomic E-state index is 10.7. The summed E-state index contributed by atoms with van der Waals surface area (Å²) < 4.78 is 0. The third-order valence-corrected chi connectivity index (χ3v) is 1.64. The van der Waals surface area contributed by atoms with Crippen LogP contribution in [0.25, 0.3) is 6.08 Å². The lowest BCUT2D eigenvalue weighted by molar-refractivity contribution is -0.299. The van der Waals surface area contributed by atoms with E-state index in [1.54, 1.807) is 24.3 Å². The van der Waals surface area contributed by atoms with E-state index in [4.69, 9.17) is 0 Å². The average molecular weight is 204 g/mol. The molecule has 1 rings (SSSR count). The van der Waals surface area contributed by atoms with E-state index >= 15 is 0 Å². The molecule has 0 heterocycles. The van der Waals surface area contributed by atoms with Gasteiger partial charge < -0.3 is 15.2 Å². The van der Waals surface area contributed by atoms with Gasteiger partial charge in [-0.3, -0.25) is 4.79 Å². The summed E-state index contributed by atoms with van der Waals surface area (Å²) in [7, 11) is 0. The highest BCUT2D eigenvalue weighted by molar-refractivity contribution is 5.95. The third-order valence-electron chi connectivity index (χ3n) is 1.64. The molecular formula is C11H10NO3-. The minimum Gasteiger partial charge on any atom is -0.543 e. The molecule has 0 spiro atoms. The van der Waals surface area contributed by atoms with Crippen molar-refractivity contribution < 1.29 is 14.7 Å². The van der Waals surface area contributed by atoms with Gasteiger partial charge in [0.15, 0.2) is 0 Å². The summed E-state index contributed by atoms with van der Waals surface area (Å²) in [5.41, 5.74) is 0.444. The van der Waals surface area contributed by atoms with E-state index in [0.29, 0.717) is 5.56 Å². The highest BCUT2D eigenvalue weighted by Gasteiger charge is 2.00. The average Bonchev–Trinajstić information content (AvgIpc) is 2.17. The lowest BCUT2D eigenvalue weighted by Gasteiger charge is -2.08. The molecule has 1 amide bonds. The number of carbonyl (C=O) groups is 2. The lowest BCUT2D eigenvalue weighted by Crippen LogP contribution is -2.34. The molecular weight excluding hydrogens is 194 g/mol. The Kier molecular flexibility index (Phi) is 3.62. The van der Waals surface area contributed by atoms with Gasteiger partial charge in [-0.2, -0.15) is 0 Å². The number of benzene rings is 1. The predicted octanol–water partition coefficient (Wildman–Crippen LogP) is -0.0865. The van der Waals surface area contributed by atoms with E-state index in [2.05, 4.69) is 5.32 Å². The maximum Gasteiger partial charge on any atom is 0.221 e. The van der Waals surface area contributed by atoms with Crippen molar-refractivity contribution in [1.29, 1.82) is 0 Å². The molecule has 0 fully saturated rings. The van der Waals surface area contributed by atoms with Crippen LogP contribution in [0.4, 0.5) is 0 Å². The zero-order chi connectivity index (χ0) is 11.3. The zero-order valence-electron chi connectivity index (χ0n) is 8.19. The van der Waals surface area contributed by atoms with Crippen molar-refractivity contribution in [3.8, 4) is 0 Å². The number of rotatable bonds is 3. The van der Waals surface area contributed by atoms with Crippen LogP contribution in [0.5, 0.6) is 0 Å². The van der Waals surface area contributed by atoms with Crippen molar-refractivity contribution in [3.05, 3.63) is 41.6 Å². The topological polar surface area (TPSA) is 69.2 Å². The van der Waals surface area contributed by atoms with Gasteiger partial charge in [0, 0.05) is 6.92 Å². The van der Waals surface area contributed by atoms with Crippen LogP contribution in [0.1, 0.15) is 12.5 Å². The van der Waals surface area contributed by atoms with Crippen LogP contribution in [-0.4, -0.2) is 11.9 Å². The second-order valence-corrected chi connectivity index (χ2v) is 2.94. The molecule has 0 bridgehead atoms. The van der Waals surface area contributed by atoms with Gasteiger partial charge in [0.1, 0.15) is 0 Å². The van der Waals surface area contributed by atoms with Gasteiger partial charge in [-0.05, 0) is 11.6 Å². The number of carbonyl (C=O) groups excluding carboxylic acids is 2. The molecule has 0 radical (unpaired) electrons. The molecule has 0 aliphatic rings. The summed E-state index contributed by atoms with van der Waals surface area (Å²) in [6, 6.07) is 8.81. The predicted molar refractivity (Wildman–Crippen MR) is 53.2 cm³/mol. The summed E-state index contributed by atoms with van der Waals surface area (Å²) in [6.07, 6.45) is 1.34. The van der Waals surface area contributed by atoms with E-state index in [9.17, 15) is 14.7 Å². The highest BCUT2D eigenvalue weighted by Crippen LogP contribution is 2.04. The van der Waals surface area contributed by atoms with Crippen molar-refractivity contribution in [1.82, 2.24) is 5.32 Å². The first kappa shape index (κ1) is 11.0. The molecule has 1 aromatic rings. The van der Waals surface area contributed by atoms with E-state index < -0.39 is 11.9 Å². The van der Waals surface area contributed by atoms with Gasteiger partial charge in [-0.1, -0.05) is 30.3 Å². The van der Waals surface area contributed by atoms with Crippen molar-refractivity contribution in [2.45, 2.75) is 6.92 Å². The molecule has 1 N–H and O–H groups in total. The maximum atomic E-state index is 10.7. The molecule has 0 aliphatic heterocycles. The van der Waals surface area contributed by atoms with Crippen molar-refractivity contribution in [2.75, 3.05) is 0 Å². The van der Waals surface area contributed by atoms with Gasteiger partial charge in [-0.15, -0.1) is 0 Å². The molecule has 0 unspecified atom stereocenters. The Bertz CT molecular complexity index is 396. The van der Waals surface area contributed by atoms with Crippen LogP contribution in [0, 0.1) is 0 Å². The smallest absolute Gasteiger partial charge is 0.221 e. The summed E-state index contributed by atoms with van der Waals surface area (Å²) in [5.74, 6) is -1.85. The minimum absolute atomic E-state index is 0.242. The van der Waals surface area contributed by atoms with E-state index in [1.165, 1.54) is 13.0 Å². The third kappa shape index (κ3) is 3.64. The first-order valence-electron chi connectivity index (χ1n) is 4.35. The van der Waals surface area contributed by atoms with Gasteiger partial charge in [0.25, 0.3) is 0 Å². The molecule has 0 aliphatic carbocycles. The van der Waals surface area contributed by atoms with Crippen LogP contribution in [0.3, 0.4) is 0 Å². The Hall–Kier alpha value is -2.10. The summed E-state index contributed by atoms with van der Waals surface area (Å²) in [5, 5.41) is 12.8. The summed E-state index contributed by atoms with van der Waals surface area (Å²) in [6.45, 7) is 1.24. The molecule has 4 heteroatoms. The van der Waals surface area contributed by atoms with E-state index in [0.717, 1.165) is 0 Å². The standard InChI is InChI=1S/C11H11NO3/c1-8(13)12-10(11(14)15)7-9-5-3-2-4-6-9/h2-7H,1H3,(H,12,13)(H,14,15)/p-1/b10-7-. The van der Waals surface area contributed by atoms with Crippen molar-refractivity contribution in [2.24, 2.45) is 0 Å². The Morgan fingerprint density at radius 3 is 2.33 bits per heavy atom. The van der Waals surface area contributed by atoms with E-state index in [-0.39, 0.29) is 5.70 Å². The minimum atomic E-state index is -1.41. The van der Waals surface area contributed by atoms with E-state index in [1.807, 2.05) is 6.07 Å². The first-order valence-corrected chi connectivity index (χ1v) is 4.35. The molecule has 4 nitrogen and oxygen atoms in total. The fourth-order valence-corrected chi connectivity index (χ4v) is 1.05. The number of nitrogens with one attached hydrogen (secondary N) is 1. The second kappa shape index (κ2) is 4.95. The Morgan fingerprint density at radius 1 is 1.27 bits per heavy atom. The monoisotopic (exact) mass is 204 g/mol. The number of hydrogen-bond acceptors (Lipinski definition) is 3. The number of aliphatic carboxylic acids is 1. The number of amides is 1. The molecule has 0 aromatic heterocycles. The molecule has 0 saturated heterocycles. The largest absolute Gasteiger partial charge is 0.543 e. The van der Waals surface area contributed by atoms with Gasteiger partial charge in [0.05, 0.1) is 11.7 Å². The number of carboxylic acids is 1. The fourth-order valence-electron chi connectivity index (χ4n) is 1.05. The van der Waals surface area contributed by atoms with Crippen LogP contribution in [0.2, 0.25) is 0 Å². The molecule has 1 aromatic carbocycles. The Balaban J connectivity index is 2.94. The van der Waals surface area contributed by atoms with Crippen LogP contribution < -0.4 is 10.4 Å². The lowest BCUT2D eigenvalue weighted by atomic mass is 10.2. The summed E-state index contributed by atoms with van der Waals surface area (Å²) >= 11 is 0. The van der Waals surface area contributed by atoms with Gasteiger partial charge in [0.2, 0.25) is 5.91 Å². The van der Waals surface area contributed by atoms with Crippen molar-refractivity contribution in [3.63, 3.8) is 0 Å². The zero-order valence-corrected chi connectivity index (χ0v) is 8.19. The van der Waals surface area contributed by atoms with Gasteiger partial charge in [-0.25, -0.2) is 0 Å². The second-order valence-electron chi connectivity index (χ2n) is 2.94. The molecule has 78 valence electrons. The van der Waals surface area contributed by atoms with Crippen LogP contribution >= 0.6 is 0 Å². The normalized spacial score (nSPS) is 10.9. The first-order chi connectivity index (χ1) is 7.09. The van der Waals surface area contributed by atoms with Crippen molar-refractivity contribution >= 4 is 18.0 Å². The number of hydrogen-bond donors (Lipinski definition) is 1. The number of carboxylic acid groups (broad SMARTS) is 1. The Labute approximate surface area is 87.2 Å². The van der Waals surface area contributed by atoms with Crippen LogP contribution in [0.15, 0.2) is 36.0 Å². The van der Waals surface area contributed by atoms with Gasteiger partial charge >= 0.3 is 0 Å². The quantitative estimate of drug-likeness (QED) is 0.700. The van der Waals surface area contributed by atoms with Crippen LogP contribution in [-0.2, 0) is 9.59 Å². The Morgan fingerprint density at radius 2 is 1.87 bits per heavy atom. The SMILES string of the molecule is CC(=O)N/C(=C\c1ccccc1)C(=O)[O-]. The molecule has 0 saturated carbocycles. The summed E-state index contributed by atoms with van der Waals surface area (Å²) in [4.78, 5) is 21.4. The molecule has 0 atom stereocenters. The molecule has 15 heavy (non-hydrogen) atoms. The fraction of sp³-hybridized carbons (Fsp3) is 0.0909. The highest BCUT2D eigenvalue weighted by atomic mass is 16.4.